The third kappa shape index (κ3) is 5.80. The van der Waals surface area contributed by atoms with Gasteiger partial charge in [0.2, 0.25) is 0 Å². The summed E-state index contributed by atoms with van der Waals surface area (Å²) in [4.78, 5) is 23.5. The number of alkyl halides is 2. The van der Waals surface area contributed by atoms with E-state index in [0.717, 1.165) is 45.5 Å². The second kappa shape index (κ2) is 11.5. The molecule has 0 unspecified atom stereocenters. The molecule has 12 heteroatoms. The van der Waals surface area contributed by atoms with Crippen LogP contribution in [-0.2, 0) is 4.79 Å². The second-order valence-electron chi connectivity index (χ2n) is 9.80. The number of fused-ring (bicyclic) bond motifs is 1. The summed E-state index contributed by atoms with van der Waals surface area (Å²) in [5.41, 5.74) is 4.56. The van der Waals surface area contributed by atoms with E-state index >= 15 is 0 Å². The third-order valence-corrected chi connectivity index (χ3v) is 7.90. The minimum Gasteiger partial charge on any atom is -0.429 e. The van der Waals surface area contributed by atoms with Crippen LogP contribution in [0.3, 0.4) is 0 Å². The standard InChI is InChI=1S/C29H29BrF2N6O3/c1-4-29(31,32)41-21-8-5-18(6-9-21)23-10-7-20(15-34-23)22-16-35-38-26(22)36-25(24(30)27(38)33-3)19-11-13-37(14-12-19)28(40)17(2)39/h4-10,15-17,19,33,39H,1,11-14H2,2-3H3/t17-/m1/s1. The molecule has 4 heterocycles. The Labute approximate surface area is 244 Å². The van der Waals surface area contributed by atoms with Crippen LogP contribution in [0.15, 0.2) is 65.9 Å². The Kier molecular flexibility index (Phi) is 8.05. The summed E-state index contributed by atoms with van der Waals surface area (Å²) < 4.78 is 34.0. The van der Waals surface area contributed by atoms with Gasteiger partial charge >= 0.3 is 6.11 Å². The van der Waals surface area contributed by atoms with E-state index in [1.54, 1.807) is 33.9 Å². The molecule has 1 aromatic carbocycles. The third-order valence-electron chi connectivity index (χ3n) is 7.12. The van der Waals surface area contributed by atoms with Crippen molar-refractivity contribution < 1.29 is 23.4 Å². The van der Waals surface area contributed by atoms with E-state index in [2.05, 4.69) is 42.6 Å². The predicted octanol–water partition coefficient (Wildman–Crippen LogP) is 5.51. The molecule has 9 nitrogen and oxygen atoms in total. The van der Waals surface area contributed by atoms with E-state index in [1.165, 1.54) is 19.1 Å². The molecule has 1 atom stereocenters. The molecule has 2 N–H and O–H groups in total. The van der Waals surface area contributed by atoms with E-state index < -0.39 is 12.2 Å². The highest BCUT2D eigenvalue weighted by atomic mass is 79.9. The lowest BCUT2D eigenvalue weighted by Gasteiger charge is -2.33. The summed E-state index contributed by atoms with van der Waals surface area (Å²) in [6, 6.07) is 10.0. The topological polar surface area (TPSA) is 105 Å². The predicted molar refractivity (Wildman–Crippen MR) is 155 cm³/mol. The number of pyridine rings is 1. The molecule has 214 valence electrons. The van der Waals surface area contributed by atoms with Gasteiger partial charge in [0.05, 0.1) is 22.1 Å². The molecule has 0 radical (unpaired) electrons. The number of benzene rings is 1. The summed E-state index contributed by atoms with van der Waals surface area (Å²) in [6.07, 6.45) is 0.901. The summed E-state index contributed by atoms with van der Waals surface area (Å²) in [7, 11) is 1.82. The molecular weight excluding hydrogens is 598 g/mol. The zero-order valence-electron chi connectivity index (χ0n) is 22.5. The van der Waals surface area contributed by atoms with Gasteiger partial charge in [-0.2, -0.15) is 18.4 Å². The van der Waals surface area contributed by atoms with Gasteiger partial charge in [-0.1, -0.05) is 12.6 Å². The van der Waals surface area contributed by atoms with Crippen molar-refractivity contribution in [2.45, 2.75) is 37.9 Å². The smallest absolute Gasteiger partial charge is 0.419 e. The fraction of sp³-hybridized carbons (Fsp3) is 0.310. The van der Waals surface area contributed by atoms with Gasteiger partial charge in [0.25, 0.3) is 5.91 Å². The van der Waals surface area contributed by atoms with Crippen molar-refractivity contribution >= 4 is 33.3 Å². The van der Waals surface area contributed by atoms with Crippen molar-refractivity contribution in [2.24, 2.45) is 0 Å². The van der Waals surface area contributed by atoms with Crippen molar-refractivity contribution in [3.05, 3.63) is 71.6 Å². The number of hydrogen-bond donors (Lipinski definition) is 2. The van der Waals surface area contributed by atoms with Crippen LogP contribution >= 0.6 is 15.9 Å². The number of anilines is 1. The number of ether oxygens (including phenoxy) is 1. The summed E-state index contributed by atoms with van der Waals surface area (Å²) in [5, 5.41) is 17.5. The zero-order valence-corrected chi connectivity index (χ0v) is 24.1. The van der Waals surface area contributed by atoms with Crippen LogP contribution in [0, 0.1) is 0 Å². The molecule has 41 heavy (non-hydrogen) atoms. The minimum atomic E-state index is -3.44. The van der Waals surface area contributed by atoms with Crippen LogP contribution in [0.25, 0.3) is 28.0 Å². The van der Waals surface area contributed by atoms with E-state index in [9.17, 15) is 18.7 Å². The first-order chi connectivity index (χ1) is 19.6. The number of aliphatic hydroxyl groups is 1. The molecule has 5 rings (SSSR count). The average Bonchev–Trinajstić information content (AvgIpc) is 3.40. The molecule has 3 aromatic heterocycles. The van der Waals surface area contributed by atoms with E-state index in [1.807, 2.05) is 19.2 Å². The van der Waals surface area contributed by atoms with Crippen LogP contribution in [0.1, 0.15) is 31.4 Å². The van der Waals surface area contributed by atoms with E-state index in [4.69, 9.17) is 4.98 Å². The molecule has 1 aliphatic rings. The number of hydrogen-bond acceptors (Lipinski definition) is 7. The fourth-order valence-electron chi connectivity index (χ4n) is 4.93. The summed E-state index contributed by atoms with van der Waals surface area (Å²) in [6.45, 7) is 5.66. The van der Waals surface area contributed by atoms with Gasteiger partial charge in [-0.05, 0) is 66.0 Å². The molecule has 0 spiro atoms. The van der Waals surface area contributed by atoms with Crippen LogP contribution in [0.5, 0.6) is 5.75 Å². The Hall–Kier alpha value is -3.90. The highest BCUT2D eigenvalue weighted by Crippen LogP contribution is 2.38. The van der Waals surface area contributed by atoms with Gasteiger partial charge in [-0.3, -0.25) is 9.78 Å². The molecular formula is C29H29BrF2N6O3. The number of carbonyl (C=O) groups excluding carboxylic acids is 1. The lowest BCUT2D eigenvalue weighted by Crippen LogP contribution is -2.42. The van der Waals surface area contributed by atoms with E-state index in [0.29, 0.717) is 30.5 Å². The van der Waals surface area contributed by atoms with Crippen molar-refractivity contribution in [1.82, 2.24) is 24.5 Å². The number of amides is 1. The number of carbonyl (C=O) groups is 1. The van der Waals surface area contributed by atoms with Gasteiger partial charge in [-0.15, -0.1) is 0 Å². The second-order valence-corrected chi connectivity index (χ2v) is 10.6. The van der Waals surface area contributed by atoms with Crippen LogP contribution in [0.4, 0.5) is 14.6 Å². The Bertz CT molecular complexity index is 1570. The Morgan fingerprint density at radius 3 is 2.46 bits per heavy atom. The van der Waals surface area contributed by atoms with Gasteiger partial charge < -0.3 is 20.1 Å². The fourth-order valence-corrected chi connectivity index (χ4v) is 5.71. The molecule has 0 aliphatic carbocycles. The first-order valence-electron chi connectivity index (χ1n) is 13.1. The minimum absolute atomic E-state index is 0.0234. The maximum absolute atomic E-state index is 13.4. The number of nitrogens with zero attached hydrogens (tertiary/aromatic N) is 5. The zero-order chi connectivity index (χ0) is 29.3. The number of likely N-dealkylation sites (tertiary alicyclic amines) is 1. The quantitative estimate of drug-likeness (QED) is 0.249. The normalized spacial score (nSPS) is 15.1. The molecule has 4 aromatic rings. The highest BCUT2D eigenvalue weighted by Gasteiger charge is 2.30. The van der Waals surface area contributed by atoms with Crippen molar-refractivity contribution in [3.8, 4) is 28.1 Å². The van der Waals surface area contributed by atoms with Gasteiger partial charge in [0.1, 0.15) is 17.7 Å². The van der Waals surface area contributed by atoms with Crippen molar-refractivity contribution in [1.29, 1.82) is 0 Å². The Morgan fingerprint density at radius 2 is 1.88 bits per heavy atom. The van der Waals surface area contributed by atoms with Crippen LogP contribution in [0.2, 0.25) is 0 Å². The number of nitrogens with one attached hydrogen (secondary N) is 1. The van der Waals surface area contributed by atoms with Gasteiger partial charge in [0.15, 0.2) is 5.65 Å². The van der Waals surface area contributed by atoms with Gasteiger partial charge in [0, 0.05) is 55.0 Å². The number of aliphatic hydroxyl groups excluding tert-OH is 1. The molecule has 1 saturated heterocycles. The maximum atomic E-state index is 13.4. The molecule has 1 fully saturated rings. The first kappa shape index (κ1) is 28.6. The van der Waals surface area contributed by atoms with Crippen LogP contribution < -0.4 is 10.1 Å². The van der Waals surface area contributed by atoms with Gasteiger partial charge in [-0.25, -0.2) is 4.98 Å². The largest absolute Gasteiger partial charge is 0.429 e. The number of piperidine rings is 1. The molecule has 0 saturated carbocycles. The van der Waals surface area contributed by atoms with E-state index in [-0.39, 0.29) is 17.6 Å². The SMILES string of the molecule is C=CC(F)(F)Oc1ccc(-c2ccc(-c3cnn4c(NC)c(Br)c(C5CCN(C(=O)[C@@H](C)O)CC5)nc34)cn2)cc1. The lowest BCUT2D eigenvalue weighted by atomic mass is 9.92. The first-order valence-corrected chi connectivity index (χ1v) is 13.9. The van der Waals surface area contributed by atoms with Crippen molar-refractivity contribution in [2.75, 3.05) is 25.5 Å². The van der Waals surface area contributed by atoms with Crippen LogP contribution in [-0.4, -0.2) is 67.8 Å². The Morgan fingerprint density at radius 1 is 1.20 bits per heavy atom. The Balaban J connectivity index is 1.41. The van der Waals surface area contributed by atoms with Crippen molar-refractivity contribution in [3.63, 3.8) is 0 Å². The summed E-state index contributed by atoms with van der Waals surface area (Å²) >= 11 is 3.72. The highest BCUT2D eigenvalue weighted by molar-refractivity contribution is 9.10. The summed E-state index contributed by atoms with van der Waals surface area (Å²) in [5.74, 6) is 0.637. The molecule has 1 amide bonds. The molecule has 1 aliphatic heterocycles. The molecule has 0 bridgehead atoms. The average molecular weight is 627 g/mol. The lowest BCUT2D eigenvalue weighted by molar-refractivity contribution is -0.140. The number of aromatic nitrogens is 4. The number of rotatable bonds is 8. The monoisotopic (exact) mass is 626 g/mol. The maximum Gasteiger partial charge on any atom is 0.419 e. The number of halogens is 3.